The molecule has 0 aromatic rings. The second kappa shape index (κ2) is 3.67. The van der Waals surface area contributed by atoms with Crippen molar-refractivity contribution in [1.82, 2.24) is 0 Å². The second-order valence-corrected chi connectivity index (χ2v) is 4.20. The molecule has 0 bridgehead atoms. The molecule has 9 heavy (non-hydrogen) atoms. The van der Waals surface area contributed by atoms with Crippen molar-refractivity contribution < 1.29 is 21.2 Å². The van der Waals surface area contributed by atoms with Crippen LogP contribution in [0, 0.1) is 11.3 Å². The number of hydrogen-bond donors (Lipinski definition) is 0. The molecule has 0 radical (unpaired) electrons. The second-order valence-electron chi connectivity index (χ2n) is 1.72. The van der Waals surface area contributed by atoms with E-state index in [2.05, 4.69) is 22.3 Å². The third-order valence-corrected chi connectivity index (χ3v) is 2.89. The first-order chi connectivity index (χ1) is 4.43. The Hall–Kier alpha value is -0.300. The summed E-state index contributed by atoms with van der Waals surface area (Å²) in [5.74, 6) is 0. The van der Waals surface area contributed by atoms with Crippen LogP contribution in [0.5, 0.6) is 0 Å². The summed E-state index contributed by atoms with van der Waals surface area (Å²) in [4.78, 5) is 0. The molecule has 0 aromatic carbocycles. The van der Waals surface area contributed by atoms with Gasteiger partial charge in [0, 0.05) is 0 Å². The molecule has 0 atom stereocenters. The van der Waals surface area contributed by atoms with Crippen LogP contribution in [0.1, 0.15) is 6.42 Å². The summed E-state index contributed by atoms with van der Waals surface area (Å²) in [6.07, 6.45) is 4.84. The molecule has 0 fully saturated rings. The maximum absolute atomic E-state index is 8.30. The van der Waals surface area contributed by atoms with E-state index < -0.39 is 0 Å². The average molecular weight is 232 g/mol. The number of hydrogen-bond acceptors (Lipinski definition) is 1. The molecule has 0 saturated carbocycles. The Kier molecular flexibility index (Phi) is 2.78. The Morgan fingerprint density at radius 1 is 1.78 bits per heavy atom. The molecule has 0 spiro atoms. The topological polar surface area (TPSA) is 23.8 Å². The molecule has 1 rings (SSSR count). The van der Waals surface area contributed by atoms with Crippen LogP contribution in [0.25, 0.3) is 0 Å². The molecule has 0 amide bonds. The molecule has 1 aliphatic rings. The van der Waals surface area contributed by atoms with Crippen LogP contribution in [-0.2, 0) is 0 Å². The van der Waals surface area contributed by atoms with Crippen LogP contribution in [0.3, 0.4) is 0 Å². The molecule has 48 valence electrons. The molecule has 1 aliphatic heterocycles. The van der Waals surface area contributed by atoms with Crippen molar-refractivity contribution >= 4 is 0 Å². The van der Waals surface area contributed by atoms with Gasteiger partial charge < -0.3 is 0 Å². The van der Waals surface area contributed by atoms with Gasteiger partial charge in [-0.05, 0) is 0 Å². The fourth-order valence-corrected chi connectivity index (χ4v) is 2.44. The van der Waals surface area contributed by atoms with Gasteiger partial charge in [0.2, 0.25) is 0 Å². The molecule has 0 aromatic heterocycles. The van der Waals surface area contributed by atoms with Gasteiger partial charge in [-0.2, -0.15) is 0 Å². The zero-order chi connectivity index (χ0) is 6.53. The Morgan fingerprint density at radius 3 is 3.22 bits per heavy atom. The third-order valence-electron chi connectivity index (χ3n) is 1.08. The van der Waals surface area contributed by atoms with E-state index in [0.29, 0.717) is 27.6 Å². The first-order valence-electron chi connectivity index (χ1n) is 2.74. The quantitative estimate of drug-likeness (QED) is 0.396. The van der Waals surface area contributed by atoms with E-state index in [-0.39, 0.29) is 0 Å². The SMILES string of the molecule is N#CCC1=CC[I-]C=C1. The number of rotatable bonds is 1. The van der Waals surface area contributed by atoms with E-state index in [4.69, 9.17) is 5.26 Å². The molecule has 0 saturated heterocycles. The summed E-state index contributed by atoms with van der Waals surface area (Å²) in [5.41, 5.74) is 1.20. The van der Waals surface area contributed by atoms with Crippen LogP contribution in [0.2, 0.25) is 0 Å². The van der Waals surface area contributed by atoms with Gasteiger partial charge in [0.1, 0.15) is 0 Å². The van der Waals surface area contributed by atoms with Gasteiger partial charge in [-0.15, -0.1) is 0 Å². The van der Waals surface area contributed by atoms with Crippen molar-refractivity contribution in [2.45, 2.75) is 6.42 Å². The molecule has 2 heteroatoms. The van der Waals surface area contributed by atoms with Crippen molar-refractivity contribution in [1.29, 1.82) is 5.26 Å². The summed E-state index contributed by atoms with van der Waals surface area (Å²) in [6.45, 7) is 0. The van der Waals surface area contributed by atoms with Gasteiger partial charge in [0.05, 0.1) is 0 Å². The zero-order valence-corrected chi connectivity index (χ0v) is 7.13. The number of nitrogens with zero attached hydrogens (tertiary/aromatic N) is 1. The van der Waals surface area contributed by atoms with Crippen LogP contribution < -0.4 is 21.2 Å². The minimum atomic E-state index is 0.310. The van der Waals surface area contributed by atoms with Crippen molar-refractivity contribution in [3.63, 3.8) is 0 Å². The summed E-state index contributed by atoms with van der Waals surface area (Å²) in [6, 6.07) is 2.13. The molecule has 0 N–H and O–H groups in total. The van der Waals surface area contributed by atoms with E-state index in [1.54, 1.807) is 0 Å². The van der Waals surface area contributed by atoms with E-state index in [1.807, 2.05) is 0 Å². The van der Waals surface area contributed by atoms with E-state index in [1.165, 1.54) is 10.0 Å². The predicted molar refractivity (Wildman–Crippen MR) is 32.3 cm³/mol. The predicted octanol–water partition coefficient (Wildman–Crippen LogP) is -1.56. The van der Waals surface area contributed by atoms with Gasteiger partial charge in [0.15, 0.2) is 0 Å². The fourth-order valence-electron chi connectivity index (χ4n) is 0.611. The Bertz CT molecular complexity index is 186. The van der Waals surface area contributed by atoms with Crippen molar-refractivity contribution in [3.05, 3.63) is 21.8 Å². The minimum absolute atomic E-state index is 0.310. The van der Waals surface area contributed by atoms with Crippen molar-refractivity contribution in [2.75, 3.05) is 4.43 Å². The molecular formula is C7H7IN-. The Labute approximate surface area is 65.3 Å². The number of allylic oxidation sites excluding steroid dienone is 3. The molecular weight excluding hydrogens is 225 g/mol. The van der Waals surface area contributed by atoms with Crippen LogP contribution in [-0.4, -0.2) is 4.43 Å². The third kappa shape index (κ3) is 2.19. The van der Waals surface area contributed by atoms with E-state index in [0.717, 1.165) is 0 Å². The normalized spacial score (nSPS) is 17.4. The van der Waals surface area contributed by atoms with Crippen molar-refractivity contribution in [3.8, 4) is 6.07 Å². The summed E-state index contributed by atoms with van der Waals surface area (Å²) < 4.78 is 3.44. The molecule has 1 heterocycles. The zero-order valence-electron chi connectivity index (χ0n) is 4.97. The van der Waals surface area contributed by atoms with E-state index in [9.17, 15) is 0 Å². The van der Waals surface area contributed by atoms with Gasteiger partial charge in [-0.3, -0.25) is 0 Å². The standard InChI is InChI=1S/C7H7IN/c9-6-3-7-1-4-8-5-2-7/h1-2,4H,3,5H2/q-1. The van der Waals surface area contributed by atoms with Crippen LogP contribution >= 0.6 is 0 Å². The molecule has 0 aliphatic carbocycles. The first kappa shape index (κ1) is 6.81. The summed E-state index contributed by atoms with van der Waals surface area (Å²) in [5, 5.41) is 8.30. The monoisotopic (exact) mass is 232 g/mol. The Morgan fingerprint density at radius 2 is 2.67 bits per heavy atom. The maximum atomic E-state index is 8.30. The Balaban J connectivity index is 2.50. The first-order valence-corrected chi connectivity index (χ1v) is 5.51. The number of nitriles is 1. The average Bonchev–Trinajstić information content (AvgIpc) is 1.91. The summed E-state index contributed by atoms with van der Waals surface area (Å²) in [7, 11) is 0. The summed E-state index contributed by atoms with van der Waals surface area (Å²) >= 11 is 0.310. The van der Waals surface area contributed by atoms with Gasteiger partial charge >= 0.3 is 65.2 Å². The van der Waals surface area contributed by atoms with Gasteiger partial charge in [0.25, 0.3) is 0 Å². The van der Waals surface area contributed by atoms with Gasteiger partial charge in [-0.25, -0.2) is 0 Å². The van der Waals surface area contributed by atoms with Crippen LogP contribution in [0.4, 0.5) is 0 Å². The van der Waals surface area contributed by atoms with Gasteiger partial charge in [-0.1, -0.05) is 0 Å². The number of alkyl halides is 1. The van der Waals surface area contributed by atoms with Crippen molar-refractivity contribution in [2.24, 2.45) is 0 Å². The molecule has 0 unspecified atom stereocenters. The molecule has 1 nitrogen and oxygen atoms in total. The van der Waals surface area contributed by atoms with E-state index >= 15 is 0 Å². The number of halogens is 1. The van der Waals surface area contributed by atoms with Crippen LogP contribution in [0.15, 0.2) is 21.8 Å². The fraction of sp³-hybridized carbons (Fsp3) is 0.286.